The summed E-state index contributed by atoms with van der Waals surface area (Å²) >= 11 is 0. The highest BCUT2D eigenvalue weighted by molar-refractivity contribution is 5.30. The van der Waals surface area contributed by atoms with Crippen LogP contribution in [-0.4, -0.2) is 11.2 Å². The Labute approximate surface area is 102 Å². The van der Waals surface area contributed by atoms with Crippen molar-refractivity contribution in [2.75, 3.05) is 0 Å². The lowest BCUT2D eigenvalue weighted by Crippen LogP contribution is -2.20. The van der Waals surface area contributed by atoms with Gasteiger partial charge in [0.05, 0.1) is 6.10 Å². The van der Waals surface area contributed by atoms with Gasteiger partial charge in [-0.2, -0.15) is 0 Å². The van der Waals surface area contributed by atoms with Gasteiger partial charge in [-0.15, -0.1) is 0 Å². The summed E-state index contributed by atoms with van der Waals surface area (Å²) in [6.45, 7) is 0. The van der Waals surface area contributed by atoms with Crippen LogP contribution < -0.4 is 0 Å². The van der Waals surface area contributed by atoms with Crippen LogP contribution in [0.4, 0.5) is 0 Å². The molecule has 0 aromatic heterocycles. The molecule has 1 nitrogen and oxygen atoms in total. The summed E-state index contributed by atoms with van der Waals surface area (Å²) in [7, 11) is 0. The van der Waals surface area contributed by atoms with Crippen molar-refractivity contribution in [3.63, 3.8) is 0 Å². The van der Waals surface area contributed by atoms with Crippen molar-refractivity contribution >= 4 is 0 Å². The first-order valence-electron chi connectivity index (χ1n) is 6.46. The van der Waals surface area contributed by atoms with E-state index in [-0.39, 0.29) is 12.0 Å². The number of hydrogen-bond acceptors (Lipinski definition) is 1. The van der Waals surface area contributed by atoms with E-state index in [0.717, 1.165) is 25.7 Å². The fourth-order valence-electron chi connectivity index (χ4n) is 2.69. The quantitative estimate of drug-likeness (QED) is 0.721. The maximum absolute atomic E-state index is 10.1. The summed E-state index contributed by atoms with van der Waals surface area (Å²) in [6, 6.07) is 8.95. The summed E-state index contributed by atoms with van der Waals surface area (Å²) in [5.41, 5.74) is 4.04. The molecule has 17 heavy (non-hydrogen) atoms. The molecule has 0 aliphatic heterocycles. The molecule has 0 radical (unpaired) electrons. The third-order valence-electron chi connectivity index (χ3n) is 3.87. The zero-order valence-corrected chi connectivity index (χ0v) is 9.97. The van der Waals surface area contributed by atoms with Gasteiger partial charge in [-0.1, -0.05) is 42.5 Å². The fourth-order valence-corrected chi connectivity index (χ4v) is 2.69. The maximum Gasteiger partial charge on any atom is 0.0789 e. The van der Waals surface area contributed by atoms with Gasteiger partial charge in [0.1, 0.15) is 0 Å². The van der Waals surface area contributed by atoms with Crippen molar-refractivity contribution in [3.8, 4) is 0 Å². The zero-order chi connectivity index (χ0) is 11.7. The molecule has 5 aliphatic carbocycles. The molecule has 5 aliphatic rings. The molecule has 4 bridgehead atoms. The largest absolute Gasteiger partial charge is 0.388 e. The molecule has 0 fully saturated rings. The minimum absolute atomic E-state index is 0.286. The highest BCUT2D eigenvalue weighted by Crippen LogP contribution is 2.25. The maximum atomic E-state index is 10.1. The molecule has 0 saturated heterocycles. The van der Waals surface area contributed by atoms with E-state index in [0.29, 0.717) is 0 Å². The lowest BCUT2D eigenvalue weighted by molar-refractivity contribution is 0.168. The predicted molar refractivity (Wildman–Crippen MR) is 69.8 cm³/mol. The van der Waals surface area contributed by atoms with Crippen LogP contribution in [0.15, 0.2) is 48.1 Å². The van der Waals surface area contributed by atoms with E-state index in [9.17, 15) is 5.11 Å². The molecule has 1 heteroatoms. The molecule has 0 amide bonds. The molecule has 88 valence electrons. The topological polar surface area (TPSA) is 20.2 Å². The van der Waals surface area contributed by atoms with Crippen LogP contribution in [0.5, 0.6) is 0 Å². The summed E-state index contributed by atoms with van der Waals surface area (Å²) in [6.07, 6.45) is 10.3. The summed E-state index contributed by atoms with van der Waals surface area (Å²) in [5, 5.41) is 10.1. The van der Waals surface area contributed by atoms with Crippen molar-refractivity contribution in [2.45, 2.75) is 31.8 Å². The predicted octanol–water partition coefficient (Wildman–Crippen LogP) is 3.04. The highest BCUT2D eigenvalue weighted by Gasteiger charge is 2.18. The van der Waals surface area contributed by atoms with Crippen molar-refractivity contribution in [3.05, 3.63) is 59.2 Å². The molecule has 2 atom stereocenters. The van der Waals surface area contributed by atoms with Gasteiger partial charge in [0.25, 0.3) is 0 Å². The number of rotatable bonds is 0. The van der Waals surface area contributed by atoms with Gasteiger partial charge in [0.15, 0.2) is 0 Å². The van der Waals surface area contributed by atoms with Crippen molar-refractivity contribution in [1.29, 1.82) is 0 Å². The first-order valence-corrected chi connectivity index (χ1v) is 6.46. The van der Waals surface area contributed by atoms with Gasteiger partial charge >= 0.3 is 0 Å². The summed E-state index contributed by atoms with van der Waals surface area (Å²) < 4.78 is 0. The SMILES string of the molecule is OC1C=C2C=CC1CCc1ccc(cc1)CC2. The van der Waals surface area contributed by atoms with Crippen molar-refractivity contribution < 1.29 is 5.11 Å². The third-order valence-corrected chi connectivity index (χ3v) is 3.87. The standard InChI is InChI=1S/C16H18O/c17-16-11-14-6-5-12-1-3-13(4-2-12)7-9-15(16)10-8-14/h1-4,8,10-11,15-17H,5-7,9H2. The average molecular weight is 226 g/mol. The average Bonchev–Trinajstić information content (AvgIpc) is 2.34. The van der Waals surface area contributed by atoms with Crippen LogP contribution in [0.3, 0.4) is 0 Å². The second-order valence-electron chi connectivity index (χ2n) is 5.11. The van der Waals surface area contributed by atoms with Gasteiger partial charge in [-0.05, 0) is 42.4 Å². The van der Waals surface area contributed by atoms with Crippen LogP contribution in [0, 0.1) is 5.92 Å². The van der Waals surface area contributed by atoms with Gasteiger partial charge in [0, 0.05) is 5.92 Å². The number of aryl methyl sites for hydroxylation is 2. The van der Waals surface area contributed by atoms with E-state index >= 15 is 0 Å². The van der Waals surface area contributed by atoms with E-state index < -0.39 is 0 Å². The molecule has 2 unspecified atom stereocenters. The molecule has 0 spiro atoms. The summed E-state index contributed by atoms with van der Waals surface area (Å²) in [5.74, 6) is 0.290. The van der Waals surface area contributed by atoms with E-state index in [1.165, 1.54) is 16.7 Å². The molecule has 1 N–H and O–H groups in total. The fraction of sp³-hybridized carbons (Fsp3) is 0.375. The number of allylic oxidation sites excluding steroid dienone is 2. The minimum Gasteiger partial charge on any atom is -0.388 e. The Hall–Kier alpha value is -1.34. The Morgan fingerprint density at radius 2 is 1.65 bits per heavy atom. The normalized spacial score (nSPS) is 27.5. The molecule has 1 aromatic rings. The Morgan fingerprint density at radius 1 is 0.941 bits per heavy atom. The second kappa shape index (κ2) is 4.50. The number of aliphatic hydroxyl groups is 1. The van der Waals surface area contributed by atoms with Crippen LogP contribution in [0.2, 0.25) is 0 Å². The van der Waals surface area contributed by atoms with Crippen LogP contribution in [-0.2, 0) is 12.8 Å². The van der Waals surface area contributed by atoms with Crippen LogP contribution in [0.25, 0.3) is 0 Å². The second-order valence-corrected chi connectivity index (χ2v) is 5.11. The molecular weight excluding hydrogens is 208 g/mol. The van der Waals surface area contributed by atoms with Crippen LogP contribution >= 0.6 is 0 Å². The Bertz CT molecular complexity index is 453. The lowest BCUT2D eigenvalue weighted by Gasteiger charge is -2.23. The van der Waals surface area contributed by atoms with E-state index in [4.69, 9.17) is 0 Å². The number of aliphatic hydroxyl groups excluding tert-OH is 1. The van der Waals surface area contributed by atoms with Gasteiger partial charge in [-0.3, -0.25) is 0 Å². The van der Waals surface area contributed by atoms with Gasteiger partial charge in [0.2, 0.25) is 0 Å². The minimum atomic E-state index is -0.286. The molecule has 0 saturated carbocycles. The Balaban J connectivity index is 1.91. The number of hydrogen-bond donors (Lipinski definition) is 1. The van der Waals surface area contributed by atoms with Gasteiger partial charge in [-0.25, -0.2) is 0 Å². The Morgan fingerprint density at radius 3 is 2.35 bits per heavy atom. The molecule has 1 aromatic carbocycles. The molecule has 6 rings (SSSR count). The molecule has 0 heterocycles. The highest BCUT2D eigenvalue weighted by atomic mass is 16.3. The zero-order valence-electron chi connectivity index (χ0n) is 9.97. The summed E-state index contributed by atoms with van der Waals surface area (Å²) in [4.78, 5) is 0. The van der Waals surface area contributed by atoms with Crippen molar-refractivity contribution in [2.24, 2.45) is 5.92 Å². The van der Waals surface area contributed by atoms with E-state index in [2.05, 4.69) is 36.4 Å². The number of benzene rings is 1. The van der Waals surface area contributed by atoms with E-state index in [1.807, 2.05) is 6.08 Å². The smallest absolute Gasteiger partial charge is 0.0789 e. The van der Waals surface area contributed by atoms with E-state index in [1.54, 1.807) is 0 Å². The first-order chi connectivity index (χ1) is 8.31. The molecular formula is C16H18O. The monoisotopic (exact) mass is 226 g/mol. The first kappa shape index (κ1) is 10.8. The lowest BCUT2D eigenvalue weighted by atomic mass is 9.86. The third kappa shape index (κ3) is 2.34. The Kier molecular flexibility index (Phi) is 2.86. The van der Waals surface area contributed by atoms with Crippen molar-refractivity contribution in [1.82, 2.24) is 0 Å². The van der Waals surface area contributed by atoms with Crippen LogP contribution in [0.1, 0.15) is 24.0 Å². The van der Waals surface area contributed by atoms with Gasteiger partial charge < -0.3 is 5.11 Å².